The summed E-state index contributed by atoms with van der Waals surface area (Å²) in [5.74, 6) is -0.126. The maximum absolute atomic E-state index is 11.6. The molecule has 1 aromatic heterocycles. The number of carbonyl (C=O) groups excluding carboxylic acids is 2. The number of aromatic nitrogens is 2. The van der Waals surface area contributed by atoms with Crippen LogP contribution in [0.3, 0.4) is 0 Å². The molecule has 0 atom stereocenters. The maximum Gasteiger partial charge on any atom is 0.321 e. The fraction of sp³-hybridized carbons (Fsp3) is 0.286. The molecule has 0 fully saturated rings. The van der Waals surface area contributed by atoms with Gasteiger partial charge in [0.05, 0.1) is 5.75 Å². The Morgan fingerprint density at radius 2 is 2.17 bits per heavy atom. The average molecular weight is 355 g/mol. The van der Waals surface area contributed by atoms with Crippen LogP contribution in [0.15, 0.2) is 33.9 Å². The Balaban J connectivity index is 1.85. The number of carbonyl (C=O) groups is 2. The average Bonchev–Trinajstić information content (AvgIpc) is 3.00. The van der Waals surface area contributed by atoms with Gasteiger partial charge in [-0.15, -0.1) is 10.2 Å². The Kier molecular flexibility index (Phi) is 6.42. The molecule has 7 nitrogen and oxygen atoms in total. The highest BCUT2D eigenvalue weighted by Gasteiger charge is 2.12. The summed E-state index contributed by atoms with van der Waals surface area (Å²) >= 11 is 6.95. The van der Waals surface area contributed by atoms with Crippen molar-refractivity contribution < 1.29 is 14.0 Å². The van der Waals surface area contributed by atoms with Crippen LogP contribution < -0.4 is 10.6 Å². The number of thioether (sulfide) groups is 1. The molecule has 0 aliphatic rings. The van der Waals surface area contributed by atoms with E-state index in [9.17, 15) is 9.59 Å². The van der Waals surface area contributed by atoms with Crippen LogP contribution in [-0.4, -0.2) is 34.4 Å². The number of nitrogens with one attached hydrogen (secondary N) is 2. The van der Waals surface area contributed by atoms with E-state index in [1.807, 2.05) is 6.92 Å². The van der Waals surface area contributed by atoms with Crippen LogP contribution in [-0.2, 0) is 4.79 Å². The van der Waals surface area contributed by atoms with Gasteiger partial charge in [-0.05, 0) is 24.6 Å². The van der Waals surface area contributed by atoms with Crippen LogP contribution in [0.1, 0.15) is 13.3 Å². The normalized spacial score (nSPS) is 10.3. The molecule has 0 unspecified atom stereocenters. The molecule has 3 amide bonds. The van der Waals surface area contributed by atoms with E-state index >= 15 is 0 Å². The number of benzene rings is 1. The summed E-state index contributed by atoms with van der Waals surface area (Å²) in [5.41, 5.74) is 0.695. The van der Waals surface area contributed by atoms with Gasteiger partial charge in [-0.3, -0.25) is 10.1 Å². The van der Waals surface area contributed by atoms with Crippen molar-refractivity contribution in [3.8, 4) is 11.5 Å². The lowest BCUT2D eigenvalue weighted by atomic mass is 10.2. The third kappa shape index (κ3) is 5.57. The Morgan fingerprint density at radius 1 is 1.35 bits per heavy atom. The third-order valence-electron chi connectivity index (χ3n) is 2.59. The predicted octanol–water partition coefficient (Wildman–Crippen LogP) is 2.72. The van der Waals surface area contributed by atoms with Gasteiger partial charge in [-0.25, -0.2) is 4.79 Å². The lowest BCUT2D eigenvalue weighted by Gasteiger charge is -2.04. The van der Waals surface area contributed by atoms with Gasteiger partial charge in [0.2, 0.25) is 11.8 Å². The number of hydrogen-bond donors (Lipinski definition) is 2. The Morgan fingerprint density at radius 3 is 2.91 bits per heavy atom. The first-order valence-corrected chi connectivity index (χ1v) is 8.24. The van der Waals surface area contributed by atoms with Crippen LogP contribution in [0.4, 0.5) is 4.79 Å². The van der Waals surface area contributed by atoms with Crippen molar-refractivity contribution in [1.29, 1.82) is 0 Å². The largest absolute Gasteiger partial charge is 0.411 e. The molecule has 2 rings (SSSR count). The van der Waals surface area contributed by atoms with Crippen LogP contribution in [0, 0.1) is 0 Å². The van der Waals surface area contributed by atoms with Crippen molar-refractivity contribution in [2.75, 3.05) is 12.3 Å². The first-order valence-electron chi connectivity index (χ1n) is 6.88. The second-order valence-corrected chi connectivity index (χ2v) is 5.84. The minimum atomic E-state index is -0.511. The molecule has 9 heteroatoms. The quantitative estimate of drug-likeness (QED) is 0.774. The highest BCUT2D eigenvalue weighted by Crippen LogP contribution is 2.24. The zero-order chi connectivity index (χ0) is 16.7. The first kappa shape index (κ1) is 17.3. The number of nitrogens with zero attached hydrogens (tertiary/aromatic N) is 2. The molecule has 1 aromatic carbocycles. The fourth-order valence-electron chi connectivity index (χ4n) is 1.58. The molecule has 2 aromatic rings. The van der Waals surface area contributed by atoms with Gasteiger partial charge in [-0.2, -0.15) is 0 Å². The molecule has 2 N–H and O–H groups in total. The molecule has 0 spiro atoms. The van der Waals surface area contributed by atoms with Gasteiger partial charge in [0.15, 0.2) is 0 Å². The number of imide groups is 1. The van der Waals surface area contributed by atoms with Gasteiger partial charge in [0, 0.05) is 17.1 Å². The maximum atomic E-state index is 11.6. The third-order valence-corrected chi connectivity index (χ3v) is 3.65. The zero-order valence-corrected chi connectivity index (χ0v) is 13.9. The van der Waals surface area contributed by atoms with Crippen molar-refractivity contribution in [3.05, 3.63) is 29.3 Å². The van der Waals surface area contributed by atoms with E-state index in [1.54, 1.807) is 24.3 Å². The van der Waals surface area contributed by atoms with Gasteiger partial charge < -0.3 is 9.73 Å². The van der Waals surface area contributed by atoms with Crippen molar-refractivity contribution in [2.24, 2.45) is 0 Å². The van der Waals surface area contributed by atoms with Crippen LogP contribution in [0.2, 0.25) is 5.02 Å². The highest BCUT2D eigenvalue weighted by molar-refractivity contribution is 7.99. The van der Waals surface area contributed by atoms with E-state index in [0.29, 0.717) is 23.0 Å². The summed E-state index contributed by atoms with van der Waals surface area (Å²) < 4.78 is 5.45. The zero-order valence-electron chi connectivity index (χ0n) is 12.3. The lowest BCUT2D eigenvalue weighted by Crippen LogP contribution is -2.40. The van der Waals surface area contributed by atoms with Gasteiger partial charge >= 0.3 is 6.03 Å². The van der Waals surface area contributed by atoms with Crippen molar-refractivity contribution in [3.63, 3.8) is 0 Å². The summed E-state index contributed by atoms with van der Waals surface area (Å²) in [6.45, 7) is 2.43. The monoisotopic (exact) mass is 354 g/mol. The Hall–Kier alpha value is -2.06. The molecular formula is C14H15ClN4O3S. The van der Waals surface area contributed by atoms with E-state index in [4.69, 9.17) is 16.0 Å². The molecule has 122 valence electrons. The van der Waals surface area contributed by atoms with Crippen molar-refractivity contribution in [1.82, 2.24) is 20.8 Å². The fourth-order valence-corrected chi connectivity index (χ4v) is 2.33. The van der Waals surface area contributed by atoms with E-state index in [2.05, 4.69) is 20.8 Å². The summed E-state index contributed by atoms with van der Waals surface area (Å²) in [7, 11) is 0. The van der Waals surface area contributed by atoms with E-state index in [-0.39, 0.29) is 11.0 Å². The SMILES string of the molecule is CCCNC(=O)NC(=O)CSc1nnc(-c2cccc(Cl)c2)o1. The molecule has 23 heavy (non-hydrogen) atoms. The molecule has 0 radical (unpaired) electrons. The lowest BCUT2D eigenvalue weighted by molar-refractivity contribution is -0.117. The number of hydrogen-bond acceptors (Lipinski definition) is 6. The minimum absolute atomic E-state index is 0.00325. The molecule has 0 aliphatic carbocycles. The highest BCUT2D eigenvalue weighted by atomic mass is 35.5. The molecule has 0 bridgehead atoms. The van der Waals surface area contributed by atoms with Crippen molar-refractivity contribution >= 4 is 35.3 Å². The predicted molar refractivity (Wildman–Crippen MR) is 87.3 cm³/mol. The molecule has 0 aliphatic heterocycles. The number of urea groups is 1. The Labute approximate surface area is 142 Å². The Bertz CT molecular complexity index is 692. The van der Waals surface area contributed by atoms with Gasteiger partial charge in [0.1, 0.15) is 0 Å². The van der Waals surface area contributed by atoms with E-state index < -0.39 is 11.9 Å². The molecule has 0 saturated carbocycles. The summed E-state index contributed by atoms with van der Waals surface area (Å²) in [5, 5.41) is 13.3. The summed E-state index contributed by atoms with van der Waals surface area (Å²) in [6.07, 6.45) is 0.796. The second kappa shape index (κ2) is 8.54. The van der Waals surface area contributed by atoms with Gasteiger partial charge in [-0.1, -0.05) is 36.4 Å². The van der Waals surface area contributed by atoms with Crippen LogP contribution in [0.25, 0.3) is 11.5 Å². The second-order valence-electron chi connectivity index (χ2n) is 4.48. The van der Waals surface area contributed by atoms with Crippen LogP contribution >= 0.6 is 23.4 Å². The first-order chi connectivity index (χ1) is 11.1. The molecular weight excluding hydrogens is 340 g/mol. The number of halogens is 1. The van der Waals surface area contributed by atoms with Gasteiger partial charge in [0.25, 0.3) is 5.22 Å². The summed E-state index contributed by atoms with van der Waals surface area (Å²) in [6, 6.07) is 6.50. The smallest absolute Gasteiger partial charge is 0.321 e. The summed E-state index contributed by atoms with van der Waals surface area (Å²) in [4.78, 5) is 22.9. The minimum Gasteiger partial charge on any atom is -0.411 e. The van der Waals surface area contributed by atoms with E-state index in [1.165, 1.54) is 0 Å². The molecule has 1 heterocycles. The van der Waals surface area contributed by atoms with Crippen LogP contribution in [0.5, 0.6) is 0 Å². The topological polar surface area (TPSA) is 97.1 Å². The molecule has 0 saturated heterocycles. The number of rotatable bonds is 6. The van der Waals surface area contributed by atoms with E-state index in [0.717, 1.165) is 18.2 Å². The van der Waals surface area contributed by atoms with Crippen molar-refractivity contribution in [2.45, 2.75) is 18.6 Å². The standard InChI is InChI=1S/C14H15ClN4O3S/c1-2-6-16-13(21)17-11(20)8-23-14-19-18-12(22-14)9-4-3-5-10(15)7-9/h3-5,7H,2,6,8H2,1H3,(H2,16,17,20,21). The number of amides is 3.